The first-order valence-electron chi connectivity index (χ1n) is 6.25. The van der Waals surface area contributed by atoms with Crippen LogP contribution in [0.5, 0.6) is 0 Å². The number of nitrogens with zero attached hydrogens (tertiary/aromatic N) is 2. The fourth-order valence-electron chi connectivity index (χ4n) is 2.70. The van der Waals surface area contributed by atoms with Crippen LogP contribution in [0.25, 0.3) is 10.9 Å². The van der Waals surface area contributed by atoms with Crippen molar-refractivity contribution in [3.8, 4) is 0 Å². The first-order valence-corrected chi connectivity index (χ1v) is 6.25. The van der Waals surface area contributed by atoms with E-state index in [1.165, 1.54) is 0 Å². The lowest BCUT2D eigenvalue weighted by molar-refractivity contribution is 0.0450. The van der Waals surface area contributed by atoms with Crippen LogP contribution in [0.2, 0.25) is 0 Å². The zero-order chi connectivity index (χ0) is 12.8. The Balaban J connectivity index is 2.00. The standard InChI is InChI=1S/C13H18N4O/c1-13(18)3-2-4-17(8-13)12-6-11-9(5-10(12)14)7-15-16-11/h5-7,18H,2-4,8,14H2,1H3,(H,15,16). The molecule has 0 radical (unpaired) electrons. The molecule has 1 atom stereocenters. The van der Waals surface area contributed by atoms with E-state index >= 15 is 0 Å². The molecule has 2 heterocycles. The highest BCUT2D eigenvalue weighted by Gasteiger charge is 2.29. The molecule has 0 amide bonds. The van der Waals surface area contributed by atoms with Crippen LogP contribution in [0.15, 0.2) is 18.3 Å². The molecule has 1 aromatic carbocycles. The van der Waals surface area contributed by atoms with Gasteiger partial charge >= 0.3 is 0 Å². The van der Waals surface area contributed by atoms with Gasteiger partial charge in [-0.3, -0.25) is 5.10 Å². The molecule has 1 unspecified atom stereocenters. The predicted molar refractivity (Wildman–Crippen MR) is 72.6 cm³/mol. The van der Waals surface area contributed by atoms with E-state index in [0.717, 1.165) is 41.7 Å². The molecule has 5 nitrogen and oxygen atoms in total. The molecule has 1 saturated heterocycles. The molecule has 1 fully saturated rings. The van der Waals surface area contributed by atoms with Gasteiger partial charge < -0.3 is 15.7 Å². The largest absolute Gasteiger partial charge is 0.397 e. The third-order valence-electron chi connectivity index (χ3n) is 3.60. The summed E-state index contributed by atoms with van der Waals surface area (Å²) in [6.45, 7) is 3.43. The normalized spacial score (nSPS) is 24.7. The maximum absolute atomic E-state index is 10.2. The van der Waals surface area contributed by atoms with E-state index in [9.17, 15) is 5.11 Å². The molecule has 18 heavy (non-hydrogen) atoms. The number of aliphatic hydroxyl groups is 1. The summed E-state index contributed by atoms with van der Waals surface area (Å²) in [5.74, 6) is 0. The van der Waals surface area contributed by atoms with Gasteiger partial charge in [0.15, 0.2) is 0 Å². The Bertz CT molecular complexity index is 575. The highest BCUT2D eigenvalue weighted by Crippen LogP contribution is 2.32. The number of nitrogens with two attached hydrogens (primary N) is 1. The van der Waals surface area contributed by atoms with Crippen molar-refractivity contribution in [1.82, 2.24) is 10.2 Å². The Hall–Kier alpha value is -1.75. The summed E-state index contributed by atoms with van der Waals surface area (Å²) in [4.78, 5) is 2.15. The number of aromatic amines is 1. The minimum absolute atomic E-state index is 0.622. The maximum Gasteiger partial charge on any atom is 0.0794 e. The van der Waals surface area contributed by atoms with Crippen molar-refractivity contribution in [3.05, 3.63) is 18.3 Å². The van der Waals surface area contributed by atoms with Gasteiger partial charge in [0.05, 0.1) is 28.7 Å². The van der Waals surface area contributed by atoms with E-state index in [0.29, 0.717) is 6.54 Å². The Morgan fingerprint density at radius 3 is 3.11 bits per heavy atom. The van der Waals surface area contributed by atoms with E-state index in [4.69, 9.17) is 5.73 Å². The number of nitrogens with one attached hydrogen (secondary N) is 1. The fraction of sp³-hybridized carbons (Fsp3) is 0.462. The molecule has 0 aliphatic carbocycles. The molecule has 1 aliphatic heterocycles. The molecular formula is C13H18N4O. The lowest BCUT2D eigenvalue weighted by Crippen LogP contribution is -2.46. The molecule has 1 aliphatic rings. The number of benzene rings is 1. The average molecular weight is 246 g/mol. The van der Waals surface area contributed by atoms with Gasteiger partial charge in [0.1, 0.15) is 0 Å². The van der Waals surface area contributed by atoms with Gasteiger partial charge in [0.25, 0.3) is 0 Å². The number of piperidine rings is 1. The van der Waals surface area contributed by atoms with Crippen LogP contribution in [0.3, 0.4) is 0 Å². The van der Waals surface area contributed by atoms with Crippen LogP contribution in [-0.4, -0.2) is 34.0 Å². The number of aromatic nitrogens is 2. The number of rotatable bonds is 1. The van der Waals surface area contributed by atoms with Crippen LogP contribution < -0.4 is 10.6 Å². The molecule has 0 saturated carbocycles. The van der Waals surface area contributed by atoms with Gasteiger partial charge in [-0.05, 0) is 31.9 Å². The Morgan fingerprint density at radius 1 is 1.50 bits per heavy atom. The van der Waals surface area contributed by atoms with Crippen LogP contribution in [0, 0.1) is 0 Å². The minimum atomic E-state index is -0.631. The predicted octanol–water partition coefficient (Wildman–Crippen LogP) is 1.50. The fourth-order valence-corrected chi connectivity index (χ4v) is 2.70. The number of fused-ring (bicyclic) bond motifs is 1. The van der Waals surface area contributed by atoms with Crippen molar-refractivity contribution in [2.45, 2.75) is 25.4 Å². The lowest BCUT2D eigenvalue weighted by Gasteiger charge is -2.38. The number of β-amino-alcohol motifs (C(OH)–C–C–N with tert-alkyl or cyclic N) is 1. The van der Waals surface area contributed by atoms with Gasteiger partial charge in [-0.25, -0.2) is 0 Å². The summed E-state index contributed by atoms with van der Waals surface area (Å²) in [5, 5.41) is 18.1. The SMILES string of the molecule is CC1(O)CCCN(c2cc3[nH]ncc3cc2N)C1. The second kappa shape index (κ2) is 3.88. The van der Waals surface area contributed by atoms with Crippen molar-refractivity contribution in [1.29, 1.82) is 0 Å². The van der Waals surface area contributed by atoms with Gasteiger partial charge in [-0.15, -0.1) is 0 Å². The minimum Gasteiger partial charge on any atom is -0.397 e. The van der Waals surface area contributed by atoms with Crippen LogP contribution in [0.4, 0.5) is 11.4 Å². The van der Waals surface area contributed by atoms with E-state index in [1.54, 1.807) is 6.20 Å². The van der Waals surface area contributed by atoms with E-state index < -0.39 is 5.60 Å². The summed E-state index contributed by atoms with van der Waals surface area (Å²) in [6, 6.07) is 3.94. The summed E-state index contributed by atoms with van der Waals surface area (Å²) < 4.78 is 0. The second-order valence-corrected chi connectivity index (χ2v) is 5.39. The van der Waals surface area contributed by atoms with Crippen molar-refractivity contribution in [2.24, 2.45) is 0 Å². The average Bonchev–Trinajstić information content (AvgIpc) is 2.73. The number of hydrogen-bond donors (Lipinski definition) is 3. The van der Waals surface area contributed by atoms with Crippen LogP contribution >= 0.6 is 0 Å². The van der Waals surface area contributed by atoms with Gasteiger partial charge in [0.2, 0.25) is 0 Å². The summed E-state index contributed by atoms with van der Waals surface area (Å²) >= 11 is 0. The summed E-state index contributed by atoms with van der Waals surface area (Å²) in [5.41, 5.74) is 8.16. The van der Waals surface area contributed by atoms with Crippen molar-refractivity contribution >= 4 is 22.3 Å². The third kappa shape index (κ3) is 1.90. The number of anilines is 2. The summed E-state index contributed by atoms with van der Waals surface area (Å²) in [7, 11) is 0. The highest BCUT2D eigenvalue weighted by atomic mass is 16.3. The molecule has 96 valence electrons. The van der Waals surface area contributed by atoms with Gasteiger partial charge in [-0.2, -0.15) is 5.10 Å². The number of nitrogen functional groups attached to an aromatic ring is 1. The van der Waals surface area contributed by atoms with Crippen LogP contribution in [0.1, 0.15) is 19.8 Å². The third-order valence-corrected chi connectivity index (χ3v) is 3.60. The van der Waals surface area contributed by atoms with Crippen molar-refractivity contribution < 1.29 is 5.11 Å². The second-order valence-electron chi connectivity index (χ2n) is 5.39. The zero-order valence-electron chi connectivity index (χ0n) is 10.5. The quantitative estimate of drug-likeness (QED) is 0.666. The van der Waals surface area contributed by atoms with Crippen molar-refractivity contribution in [3.63, 3.8) is 0 Å². The van der Waals surface area contributed by atoms with E-state index in [2.05, 4.69) is 15.1 Å². The maximum atomic E-state index is 10.2. The molecular weight excluding hydrogens is 228 g/mol. The number of hydrogen-bond acceptors (Lipinski definition) is 4. The topological polar surface area (TPSA) is 78.2 Å². The first kappa shape index (κ1) is 11.3. The smallest absolute Gasteiger partial charge is 0.0794 e. The van der Waals surface area contributed by atoms with Gasteiger partial charge in [-0.1, -0.05) is 0 Å². The Kier molecular flexibility index (Phi) is 2.45. The lowest BCUT2D eigenvalue weighted by atomic mass is 9.94. The molecule has 2 aromatic rings. The van der Waals surface area contributed by atoms with Crippen LogP contribution in [-0.2, 0) is 0 Å². The molecule has 1 aromatic heterocycles. The molecule has 4 N–H and O–H groups in total. The highest BCUT2D eigenvalue weighted by molar-refractivity contribution is 5.88. The first-order chi connectivity index (χ1) is 8.55. The van der Waals surface area contributed by atoms with Crippen molar-refractivity contribution in [2.75, 3.05) is 23.7 Å². The Labute approximate surface area is 106 Å². The molecule has 0 bridgehead atoms. The zero-order valence-corrected chi connectivity index (χ0v) is 10.5. The monoisotopic (exact) mass is 246 g/mol. The molecule has 3 rings (SSSR count). The number of H-pyrrole nitrogens is 1. The summed E-state index contributed by atoms with van der Waals surface area (Å²) in [6.07, 6.45) is 3.59. The Morgan fingerprint density at radius 2 is 2.33 bits per heavy atom. The van der Waals surface area contributed by atoms with E-state index in [-0.39, 0.29) is 0 Å². The van der Waals surface area contributed by atoms with E-state index in [1.807, 2.05) is 19.1 Å². The van der Waals surface area contributed by atoms with Gasteiger partial charge in [0, 0.05) is 18.5 Å². The molecule has 5 heteroatoms. The molecule has 0 spiro atoms.